The molecule has 6 nitrogen and oxygen atoms in total. The Morgan fingerprint density at radius 3 is 2.72 bits per heavy atom. The number of carbonyl (C=O) groups is 1. The standard InChI is InChI=1S/C18H15ClN4O2/c1-2-25-18(24)16-10-15-9-12(11-21-22-20)7-8-23(15)17(16)13-3-5-14(19)6-4-13/h3-10H,2,11H2,1H3. The Morgan fingerprint density at radius 2 is 2.04 bits per heavy atom. The van der Waals surface area contributed by atoms with E-state index in [0.29, 0.717) is 17.2 Å². The lowest BCUT2D eigenvalue weighted by Gasteiger charge is -2.08. The van der Waals surface area contributed by atoms with Crippen molar-refractivity contribution in [2.24, 2.45) is 5.11 Å². The average molecular weight is 355 g/mol. The molecule has 0 spiro atoms. The van der Waals surface area contributed by atoms with Gasteiger partial charge in [-0.25, -0.2) is 4.79 Å². The van der Waals surface area contributed by atoms with Crippen molar-refractivity contribution in [2.75, 3.05) is 6.61 Å². The van der Waals surface area contributed by atoms with E-state index in [9.17, 15) is 4.79 Å². The summed E-state index contributed by atoms with van der Waals surface area (Å²) in [6.07, 6.45) is 1.85. The molecule has 0 radical (unpaired) electrons. The number of hydrogen-bond donors (Lipinski definition) is 0. The van der Waals surface area contributed by atoms with Gasteiger partial charge in [-0.15, -0.1) is 0 Å². The predicted molar refractivity (Wildman–Crippen MR) is 96.6 cm³/mol. The van der Waals surface area contributed by atoms with Gasteiger partial charge < -0.3 is 9.14 Å². The van der Waals surface area contributed by atoms with Crippen LogP contribution in [0.4, 0.5) is 0 Å². The monoisotopic (exact) mass is 354 g/mol. The highest BCUT2D eigenvalue weighted by molar-refractivity contribution is 6.30. The summed E-state index contributed by atoms with van der Waals surface area (Å²) in [7, 11) is 0. The molecule has 0 saturated heterocycles. The van der Waals surface area contributed by atoms with Crippen molar-refractivity contribution in [1.29, 1.82) is 0 Å². The van der Waals surface area contributed by atoms with Crippen LogP contribution in [0.2, 0.25) is 5.02 Å². The van der Waals surface area contributed by atoms with Crippen LogP contribution in [0.25, 0.3) is 27.2 Å². The maximum Gasteiger partial charge on any atom is 0.340 e. The number of carbonyl (C=O) groups excluding carboxylic acids is 1. The van der Waals surface area contributed by atoms with Crippen molar-refractivity contribution in [3.8, 4) is 11.3 Å². The summed E-state index contributed by atoms with van der Waals surface area (Å²) in [4.78, 5) is 15.2. The van der Waals surface area contributed by atoms with Crippen molar-refractivity contribution in [2.45, 2.75) is 13.5 Å². The molecule has 0 saturated carbocycles. The van der Waals surface area contributed by atoms with E-state index >= 15 is 0 Å². The second kappa shape index (κ2) is 7.30. The Hall–Kier alpha value is -2.95. The number of aromatic nitrogens is 1. The van der Waals surface area contributed by atoms with Crippen molar-refractivity contribution in [3.05, 3.63) is 75.3 Å². The SMILES string of the molecule is CCOC(=O)c1cc2cc(CN=[N+]=[N-])ccn2c1-c1ccc(Cl)cc1. The molecule has 0 aliphatic carbocycles. The van der Waals surface area contributed by atoms with Gasteiger partial charge in [0, 0.05) is 21.6 Å². The fourth-order valence-corrected chi connectivity index (χ4v) is 2.83. The van der Waals surface area contributed by atoms with Crippen LogP contribution >= 0.6 is 11.6 Å². The highest BCUT2D eigenvalue weighted by Gasteiger charge is 2.19. The van der Waals surface area contributed by atoms with E-state index in [1.807, 2.05) is 34.9 Å². The molecule has 3 rings (SSSR count). The second-order valence-corrected chi connectivity index (χ2v) is 5.79. The number of nitrogens with zero attached hydrogens (tertiary/aromatic N) is 4. The largest absolute Gasteiger partial charge is 0.462 e. The Morgan fingerprint density at radius 1 is 1.28 bits per heavy atom. The van der Waals surface area contributed by atoms with Gasteiger partial charge in [-0.1, -0.05) is 28.8 Å². The Kier molecular flexibility index (Phi) is 4.93. The molecule has 2 aromatic heterocycles. The summed E-state index contributed by atoms with van der Waals surface area (Å²) in [5, 5.41) is 4.20. The highest BCUT2D eigenvalue weighted by atomic mass is 35.5. The lowest BCUT2D eigenvalue weighted by atomic mass is 10.1. The minimum Gasteiger partial charge on any atom is -0.462 e. The molecule has 0 unspecified atom stereocenters. The van der Waals surface area contributed by atoms with Crippen molar-refractivity contribution < 1.29 is 9.53 Å². The summed E-state index contributed by atoms with van der Waals surface area (Å²) < 4.78 is 7.11. The maximum absolute atomic E-state index is 12.4. The molecule has 126 valence electrons. The molecular formula is C18H15ClN4O2. The molecular weight excluding hydrogens is 340 g/mol. The number of pyridine rings is 1. The van der Waals surface area contributed by atoms with E-state index in [1.54, 1.807) is 25.1 Å². The molecule has 0 fully saturated rings. The predicted octanol–water partition coefficient (Wildman–Crippen LogP) is 5.25. The summed E-state index contributed by atoms with van der Waals surface area (Å²) in [5.41, 5.74) is 12.2. The van der Waals surface area contributed by atoms with Gasteiger partial charge in [0.2, 0.25) is 0 Å². The van der Waals surface area contributed by atoms with E-state index in [-0.39, 0.29) is 12.5 Å². The zero-order valence-electron chi connectivity index (χ0n) is 13.5. The zero-order chi connectivity index (χ0) is 17.8. The van der Waals surface area contributed by atoms with Gasteiger partial charge >= 0.3 is 5.97 Å². The number of rotatable bonds is 5. The molecule has 0 atom stereocenters. The third-order valence-corrected chi connectivity index (χ3v) is 4.02. The Balaban J connectivity index is 2.19. The minimum atomic E-state index is -0.382. The molecule has 0 aliphatic rings. The molecule has 7 heteroatoms. The summed E-state index contributed by atoms with van der Waals surface area (Å²) in [5.74, 6) is -0.382. The van der Waals surface area contributed by atoms with Crippen LogP contribution in [0.1, 0.15) is 22.8 Å². The first kappa shape index (κ1) is 16.9. The second-order valence-electron chi connectivity index (χ2n) is 5.35. The first-order valence-corrected chi connectivity index (χ1v) is 8.09. The first-order chi connectivity index (χ1) is 12.1. The first-order valence-electron chi connectivity index (χ1n) is 7.72. The number of esters is 1. The van der Waals surface area contributed by atoms with Gasteiger partial charge in [-0.2, -0.15) is 0 Å². The summed E-state index contributed by atoms with van der Waals surface area (Å²) >= 11 is 5.97. The van der Waals surface area contributed by atoms with Crippen LogP contribution in [-0.4, -0.2) is 17.0 Å². The van der Waals surface area contributed by atoms with E-state index in [4.69, 9.17) is 21.9 Å². The molecule has 0 bridgehead atoms. The normalized spacial score (nSPS) is 10.5. The molecule has 1 aromatic carbocycles. The van der Waals surface area contributed by atoms with Gasteiger partial charge in [-0.05, 0) is 53.9 Å². The van der Waals surface area contributed by atoms with E-state index in [1.165, 1.54) is 0 Å². The third kappa shape index (κ3) is 3.45. The van der Waals surface area contributed by atoms with Gasteiger partial charge in [0.15, 0.2) is 0 Å². The molecule has 0 N–H and O–H groups in total. The summed E-state index contributed by atoms with van der Waals surface area (Å²) in [6.45, 7) is 2.32. The van der Waals surface area contributed by atoms with Crippen molar-refractivity contribution in [1.82, 2.24) is 4.40 Å². The lowest BCUT2D eigenvalue weighted by Crippen LogP contribution is -2.05. The third-order valence-electron chi connectivity index (χ3n) is 3.77. The summed E-state index contributed by atoms with van der Waals surface area (Å²) in [6, 6.07) is 12.8. The molecule has 0 amide bonds. The van der Waals surface area contributed by atoms with Crippen LogP contribution in [-0.2, 0) is 11.3 Å². The van der Waals surface area contributed by atoms with Gasteiger partial charge in [0.25, 0.3) is 0 Å². The number of ether oxygens (including phenoxy) is 1. The molecule has 25 heavy (non-hydrogen) atoms. The van der Waals surface area contributed by atoms with E-state index < -0.39 is 0 Å². The number of halogens is 1. The smallest absolute Gasteiger partial charge is 0.340 e. The van der Waals surface area contributed by atoms with E-state index in [0.717, 1.165) is 22.3 Å². The van der Waals surface area contributed by atoms with Crippen LogP contribution in [0, 0.1) is 0 Å². The number of azide groups is 1. The van der Waals surface area contributed by atoms with Gasteiger partial charge in [0.1, 0.15) is 0 Å². The number of benzene rings is 1. The van der Waals surface area contributed by atoms with Gasteiger partial charge in [0.05, 0.1) is 24.4 Å². The fourth-order valence-electron chi connectivity index (χ4n) is 2.70. The molecule has 2 heterocycles. The number of hydrogen-bond acceptors (Lipinski definition) is 3. The number of fused-ring (bicyclic) bond motifs is 1. The van der Waals surface area contributed by atoms with E-state index in [2.05, 4.69) is 10.0 Å². The lowest BCUT2D eigenvalue weighted by molar-refractivity contribution is 0.0527. The van der Waals surface area contributed by atoms with Crippen molar-refractivity contribution >= 4 is 23.1 Å². The van der Waals surface area contributed by atoms with Crippen LogP contribution in [0.5, 0.6) is 0 Å². The Labute approximate surface area is 149 Å². The quantitative estimate of drug-likeness (QED) is 0.271. The van der Waals surface area contributed by atoms with Crippen molar-refractivity contribution in [3.63, 3.8) is 0 Å². The molecule has 3 aromatic rings. The molecule has 0 aliphatic heterocycles. The minimum absolute atomic E-state index is 0.253. The Bertz CT molecular complexity index is 973. The van der Waals surface area contributed by atoms with Crippen LogP contribution in [0.3, 0.4) is 0 Å². The average Bonchev–Trinajstić information content (AvgIpc) is 2.99. The maximum atomic E-state index is 12.4. The zero-order valence-corrected chi connectivity index (χ0v) is 14.3. The fraction of sp³-hybridized carbons (Fsp3) is 0.167. The van der Waals surface area contributed by atoms with Crippen LogP contribution < -0.4 is 0 Å². The highest BCUT2D eigenvalue weighted by Crippen LogP contribution is 2.30. The topological polar surface area (TPSA) is 79.5 Å². The van der Waals surface area contributed by atoms with Gasteiger partial charge in [-0.3, -0.25) is 0 Å². The van der Waals surface area contributed by atoms with Crippen LogP contribution in [0.15, 0.2) is 53.8 Å².